The van der Waals surface area contributed by atoms with E-state index in [1.54, 1.807) is 11.3 Å². The molecule has 0 aliphatic carbocycles. The lowest BCUT2D eigenvalue weighted by atomic mass is 10.2. The first-order chi connectivity index (χ1) is 12.1. The molecule has 4 nitrogen and oxygen atoms in total. The van der Waals surface area contributed by atoms with Crippen LogP contribution in [0.25, 0.3) is 11.3 Å². The Kier molecular flexibility index (Phi) is 4.67. The average molecular weight is 373 g/mol. The van der Waals surface area contributed by atoms with E-state index in [1.165, 1.54) is 21.8 Å². The van der Waals surface area contributed by atoms with Gasteiger partial charge in [-0.25, -0.2) is 4.98 Å². The van der Waals surface area contributed by atoms with Crippen molar-refractivity contribution < 1.29 is 0 Å². The van der Waals surface area contributed by atoms with Crippen LogP contribution in [-0.2, 0) is 6.54 Å². The molecule has 0 unspecified atom stereocenters. The fourth-order valence-corrected chi connectivity index (χ4v) is 4.97. The first-order valence-electron chi connectivity index (χ1n) is 8.70. The Morgan fingerprint density at radius 3 is 2.64 bits per heavy atom. The van der Waals surface area contributed by atoms with Crippen LogP contribution < -0.4 is 4.90 Å². The van der Waals surface area contributed by atoms with Crippen molar-refractivity contribution in [3.8, 4) is 11.3 Å². The number of hydrogen-bond acceptors (Lipinski definition) is 5. The second kappa shape index (κ2) is 6.94. The number of rotatable bonds is 4. The Balaban J connectivity index is 1.58. The highest BCUT2D eigenvalue weighted by Crippen LogP contribution is 2.32. The second-order valence-corrected chi connectivity index (χ2v) is 8.62. The Morgan fingerprint density at radius 2 is 1.92 bits per heavy atom. The summed E-state index contributed by atoms with van der Waals surface area (Å²) in [6.07, 6.45) is 0. The van der Waals surface area contributed by atoms with Gasteiger partial charge in [-0.05, 0) is 38.4 Å². The van der Waals surface area contributed by atoms with Gasteiger partial charge in [0, 0.05) is 53.4 Å². The van der Waals surface area contributed by atoms with Gasteiger partial charge >= 0.3 is 0 Å². The molecular weight excluding hydrogens is 348 g/mol. The molecule has 0 bridgehead atoms. The van der Waals surface area contributed by atoms with Crippen LogP contribution >= 0.6 is 22.7 Å². The minimum absolute atomic E-state index is 0.949. The van der Waals surface area contributed by atoms with Crippen LogP contribution in [0.15, 0.2) is 29.0 Å². The fourth-order valence-electron chi connectivity index (χ4n) is 3.39. The van der Waals surface area contributed by atoms with E-state index in [0.29, 0.717) is 0 Å². The summed E-state index contributed by atoms with van der Waals surface area (Å²) in [6.45, 7) is 9.73. The molecule has 1 saturated heterocycles. The third-order valence-corrected chi connectivity index (χ3v) is 6.77. The van der Waals surface area contributed by atoms with Gasteiger partial charge in [0.25, 0.3) is 0 Å². The highest BCUT2D eigenvalue weighted by Gasteiger charge is 2.19. The molecule has 6 heteroatoms. The van der Waals surface area contributed by atoms with Gasteiger partial charge in [-0.15, -0.1) is 22.7 Å². The summed E-state index contributed by atoms with van der Waals surface area (Å²) in [5.74, 6) is 0. The van der Waals surface area contributed by atoms with Crippen LogP contribution in [0.3, 0.4) is 0 Å². The van der Waals surface area contributed by atoms with Gasteiger partial charge in [-0.2, -0.15) is 0 Å². The lowest BCUT2D eigenvalue weighted by molar-refractivity contribution is 0.313. The fraction of sp³-hybridized carbons (Fsp3) is 0.421. The van der Waals surface area contributed by atoms with Crippen molar-refractivity contribution in [1.82, 2.24) is 14.5 Å². The van der Waals surface area contributed by atoms with Crippen LogP contribution in [0.5, 0.6) is 0 Å². The molecule has 0 saturated carbocycles. The Bertz CT molecular complexity index is 839. The normalized spacial score (nSPS) is 15.9. The first-order valence-corrected chi connectivity index (χ1v) is 10.5. The van der Waals surface area contributed by atoms with Crippen molar-refractivity contribution in [2.24, 2.45) is 0 Å². The number of nitrogens with zero attached hydrogens (tertiary/aromatic N) is 4. The van der Waals surface area contributed by atoms with Gasteiger partial charge in [0.1, 0.15) is 0 Å². The molecule has 0 atom stereocenters. The third kappa shape index (κ3) is 3.38. The number of likely N-dealkylation sites (N-methyl/N-ethyl adjacent to an activating group) is 1. The zero-order valence-corrected chi connectivity index (χ0v) is 16.7. The van der Waals surface area contributed by atoms with E-state index in [1.807, 2.05) is 11.3 Å². The molecule has 1 aliphatic heterocycles. The zero-order chi connectivity index (χ0) is 17.4. The molecule has 132 valence electrons. The van der Waals surface area contributed by atoms with Crippen LogP contribution in [0.2, 0.25) is 0 Å². The van der Waals surface area contributed by atoms with Crippen molar-refractivity contribution in [3.05, 3.63) is 45.2 Å². The number of piperazine rings is 1. The number of aromatic nitrogens is 2. The van der Waals surface area contributed by atoms with Crippen molar-refractivity contribution in [2.75, 3.05) is 38.1 Å². The lowest BCUT2D eigenvalue weighted by Gasteiger charge is -2.32. The van der Waals surface area contributed by atoms with Crippen LogP contribution in [0.4, 0.5) is 5.13 Å². The largest absolute Gasteiger partial charge is 0.346 e. The molecule has 3 aromatic rings. The van der Waals surface area contributed by atoms with Gasteiger partial charge in [0.05, 0.1) is 12.2 Å². The first kappa shape index (κ1) is 16.8. The van der Waals surface area contributed by atoms with Gasteiger partial charge < -0.3 is 14.4 Å². The van der Waals surface area contributed by atoms with Crippen molar-refractivity contribution in [2.45, 2.75) is 20.4 Å². The summed E-state index contributed by atoms with van der Waals surface area (Å²) in [7, 11) is 2.19. The molecule has 0 radical (unpaired) electrons. The summed E-state index contributed by atoms with van der Waals surface area (Å²) >= 11 is 3.59. The van der Waals surface area contributed by atoms with E-state index in [2.05, 4.69) is 64.2 Å². The van der Waals surface area contributed by atoms with E-state index in [-0.39, 0.29) is 0 Å². The number of hydrogen-bond donors (Lipinski definition) is 0. The summed E-state index contributed by atoms with van der Waals surface area (Å²) in [5, 5.41) is 5.52. The SMILES string of the molecule is Cc1cc(-c2csc(N3CCN(C)CC3)n2)c(C)n1Cc1cccs1. The molecular formula is C19H24N4S2. The van der Waals surface area contributed by atoms with E-state index in [9.17, 15) is 0 Å². The summed E-state index contributed by atoms with van der Waals surface area (Å²) in [4.78, 5) is 11.1. The predicted octanol–water partition coefficient (Wildman–Crippen LogP) is 4.09. The molecule has 25 heavy (non-hydrogen) atoms. The van der Waals surface area contributed by atoms with Crippen LogP contribution in [0, 0.1) is 13.8 Å². The van der Waals surface area contributed by atoms with Crippen molar-refractivity contribution in [1.29, 1.82) is 0 Å². The van der Waals surface area contributed by atoms with Crippen molar-refractivity contribution in [3.63, 3.8) is 0 Å². The van der Waals surface area contributed by atoms with Gasteiger partial charge in [-0.1, -0.05) is 6.07 Å². The maximum absolute atomic E-state index is 4.96. The maximum atomic E-state index is 4.96. The predicted molar refractivity (Wildman–Crippen MR) is 108 cm³/mol. The van der Waals surface area contributed by atoms with E-state index in [4.69, 9.17) is 4.98 Å². The van der Waals surface area contributed by atoms with Crippen molar-refractivity contribution >= 4 is 27.8 Å². The molecule has 0 amide bonds. The number of aryl methyl sites for hydroxylation is 1. The Labute approximate surface area is 157 Å². The van der Waals surface area contributed by atoms with Gasteiger partial charge in [-0.3, -0.25) is 0 Å². The van der Waals surface area contributed by atoms with E-state index in [0.717, 1.165) is 43.5 Å². The molecule has 0 spiro atoms. The Hall–Kier alpha value is -1.63. The minimum atomic E-state index is 0.949. The van der Waals surface area contributed by atoms with Gasteiger partial charge in [0.15, 0.2) is 5.13 Å². The minimum Gasteiger partial charge on any atom is -0.346 e. The highest BCUT2D eigenvalue weighted by atomic mass is 32.1. The van der Waals surface area contributed by atoms with E-state index >= 15 is 0 Å². The van der Waals surface area contributed by atoms with E-state index < -0.39 is 0 Å². The summed E-state index contributed by atoms with van der Waals surface area (Å²) in [6, 6.07) is 6.61. The monoisotopic (exact) mass is 372 g/mol. The second-order valence-electron chi connectivity index (χ2n) is 6.76. The summed E-state index contributed by atoms with van der Waals surface area (Å²) in [5.41, 5.74) is 4.99. The maximum Gasteiger partial charge on any atom is 0.185 e. The summed E-state index contributed by atoms with van der Waals surface area (Å²) < 4.78 is 2.40. The molecule has 1 aliphatic rings. The number of anilines is 1. The molecule has 1 fully saturated rings. The molecule has 4 heterocycles. The van der Waals surface area contributed by atoms with Crippen LogP contribution in [0.1, 0.15) is 16.3 Å². The smallest absolute Gasteiger partial charge is 0.185 e. The number of thiophene rings is 1. The average Bonchev–Trinajstić information content (AvgIpc) is 3.33. The highest BCUT2D eigenvalue weighted by molar-refractivity contribution is 7.14. The topological polar surface area (TPSA) is 24.3 Å². The molecule has 0 N–H and O–H groups in total. The third-order valence-electron chi connectivity index (χ3n) is 5.01. The number of thiazole rings is 1. The Morgan fingerprint density at radius 1 is 1.12 bits per heavy atom. The van der Waals surface area contributed by atoms with Gasteiger partial charge in [0.2, 0.25) is 0 Å². The molecule has 0 aromatic carbocycles. The lowest BCUT2D eigenvalue weighted by Crippen LogP contribution is -2.44. The quantitative estimate of drug-likeness (QED) is 0.689. The standard InChI is InChI=1S/C19H24N4S2/c1-14-11-17(15(2)23(14)12-16-5-4-10-24-16)18-13-25-19(20-18)22-8-6-21(3)7-9-22/h4-5,10-11,13H,6-9,12H2,1-3H3. The van der Waals surface area contributed by atoms with Crippen LogP contribution in [-0.4, -0.2) is 47.7 Å². The molecule has 3 aromatic heterocycles. The molecule has 4 rings (SSSR count). The zero-order valence-electron chi connectivity index (χ0n) is 15.0.